The maximum Gasteiger partial charge on any atom is 0.337 e. The van der Waals surface area contributed by atoms with Crippen molar-refractivity contribution in [1.29, 1.82) is 0 Å². The van der Waals surface area contributed by atoms with E-state index < -0.39 is 0 Å². The van der Waals surface area contributed by atoms with Crippen LogP contribution in [0.5, 0.6) is 0 Å². The van der Waals surface area contributed by atoms with E-state index in [1.807, 2.05) is 6.07 Å². The molecule has 0 spiro atoms. The molecule has 5 nitrogen and oxygen atoms in total. The molecule has 1 aromatic carbocycles. The maximum absolute atomic E-state index is 11.8. The number of methoxy groups -OCH3 is 1. The zero-order valence-electron chi connectivity index (χ0n) is 14.5. The van der Waals surface area contributed by atoms with Crippen molar-refractivity contribution >= 4 is 50.6 Å². The molecular weight excluding hydrogens is 370 g/mol. The fraction of sp³-hybridized carbons (Fsp3) is 0.316. The molecule has 2 aromatic heterocycles. The summed E-state index contributed by atoms with van der Waals surface area (Å²) in [4.78, 5) is 22.9. The predicted octanol–water partition coefficient (Wildman–Crippen LogP) is 5.00. The Morgan fingerprint density at radius 2 is 2.23 bits per heavy atom. The Labute approximate surface area is 160 Å². The Bertz CT molecular complexity index is 1000. The normalized spacial score (nSPS) is 16.3. The topological polar surface area (TPSA) is 64.1 Å². The van der Waals surface area contributed by atoms with Crippen LogP contribution >= 0.6 is 22.9 Å². The van der Waals surface area contributed by atoms with Gasteiger partial charge in [0.15, 0.2) is 0 Å². The number of carbonyl (C=O) groups is 1. The van der Waals surface area contributed by atoms with Crippen LogP contribution in [0.25, 0.3) is 10.2 Å². The quantitative estimate of drug-likeness (QED) is 0.506. The van der Waals surface area contributed by atoms with E-state index in [2.05, 4.69) is 22.2 Å². The van der Waals surface area contributed by atoms with Crippen LogP contribution in [0, 0.1) is 5.92 Å². The number of rotatable bonds is 3. The average molecular weight is 388 g/mol. The molecule has 0 saturated heterocycles. The van der Waals surface area contributed by atoms with Crippen LogP contribution in [0.15, 0.2) is 24.3 Å². The van der Waals surface area contributed by atoms with Crippen LogP contribution in [0.4, 0.5) is 11.5 Å². The van der Waals surface area contributed by atoms with Crippen molar-refractivity contribution in [3.8, 4) is 0 Å². The highest BCUT2D eigenvalue weighted by Gasteiger charge is 2.24. The number of nitrogens with one attached hydrogen (secondary N) is 1. The van der Waals surface area contributed by atoms with E-state index >= 15 is 0 Å². The van der Waals surface area contributed by atoms with Gasteiger partial charge >= 0.3 is 5.97 Å². The second-order valence-electron chi connectivity index (χ2n) is 6.57. The minimum Gasteiger partial charge on any atom is -0.465 e. The van der Waals surface area contributed by atoms with Crippen LogP contribution < -0.4 is 5.32 Å². The highest BCUT2D eigenvalue weighted by Crippen LogP contribution is 2.41. The van der Waals surface area contributed by atoms with Crippen molar-refractivity contribution < 1.29 is 9.53 Å². The van der Waals surface area contributed by atoms with E-state index in [9.17, 15) is 4.79 Å². The van der Waals surface area contributed by atoms with Crippen LogP contribution in [-0.2, 0) is 17.6 Å². The van der Waals surface area contributed by atoms with Crippen molar-refractivity contribution in [1.82, 2.24) is 9.97 Å². The zero-order valence-corrected chi connectivity index (χ0v) is 16.1. The van der Waals surface area contributed by atoms with E-state index in [-0.39, 0.29) is 11.3 Å². The second kappa shape index (κ2) is 6.85. The second-order valence-corrected chi connectivity index (χ2v) is 7.99. The van der Waals surface area contributed by atoms with Crippen molar-refractivity contribution in [2.24, 2.45) is 5.92 Å². The van der Waals surface area contributed by atoms with Gasteiger partial charge < -0.3 is 10.1 Å². The van der Waals surface area contributed by atoms with Crippen molar-refractivity contribution in [2.75, 3.05) is 12.4 Å². The van der Waals surface area contributed by atoms with Crippen molar-refractivity contribution in [3.05, 3.63) is 45.6 Å². The molecule has 2 heterocycles. The minimum atomic E-state index is -0.374. The molecule has 26 heavy (non-hydrogen) atoms. The predicted molar refractivity (Wildman–Crippen MR) is 105 cm³/mol. The molecule has 0 aliphatic heterocycles. The minimum absolute atomic E-state index is 0.218. The number of ether oxygens (including phenoxy) is 1. The number of carbonyl (C=O) groups excluding carboxylic acids is 1. The van der Waals surface area contributed by atoms with Crippen molar-refractivity contribution in [2.45, 2.75) is 26.2 Å². The van der Waals surface area contributed by atoms with Gasteiger partial charge in [-0.3, -0.25) is 0 Å². The molecule has 1 N–H and O–H groups in total. The number of aryl methyl sites for hydroxylation is 1. The summed E-state index contributed by atoms with van der Waals surface area (Å²) >= 11 is 7.86. The lowest BCUT2D eigenvalue weighted by Gasteiger charge is -2.18. The average Bonchev–Trinajstić information content (AvgIpc) is 2.98. The van der Waals surface area contributed by atoms with Crippen LogP contribution in [0.1, 0.15) is 34.1 Å². The number of aromatic nitrogens is 2. The standard InChI is InChI=1S/C19H18ClN3O2S/c1-10-6-7-13-14(8-10)26-17-15(13)16(22-19(20)23-17)21-12-5-3-4-11(9-12)18(24)25-2/h3-5,9-10H,6-8H2,1-2H3,(H,21,22,23). The van der Waals surface area contributed by atoms with Gasteiger partial charge in [0.2, 0.25) is 5.28 Å². The maximum atomic E-state index is 11.8. The highest BCUT2D eigenvalue weighted by atomic mass is 35.5. The van der Waals surface area contributed by atoms with E-state index in [1.165, 1.54) is 24.0 Å². The van der Waals surface area contributed by atoms with Gasteiger partial charge in [-0.1, -0.05) is 13.0 Å². The summed E-state index contributed by atoms with van der Waals surface area (Å²) in [5, 5.41) is 4.58. The molecule has 7 heteroatoms. The number of benzene rings is 1. The number of hydrogen-bond acceptors (Lipinski definition) is 6. The number of anilines is 2. The summed E-state index contributed by atoms with van der Waals surface area (Å²) in [6.45, 7) is 2.28. The Morgan fingerprint density at radius 1 is 1.38 bits per heavy atom. The van der Waals surface area contributed by atoms with Crippen LogP contribution in [-0.4, -0.2) is 23.0 Å². The lowest BCUT2D eigenvalue weighted by atomic mass is 9.89. The Morgan fingerprint density at radius 3 is 3.04 bits per heavy atom. The van der Waals surface area contributed by atoms with E-state index in [0.717, 1.165) is 28.7 Å². The fourth-order valence-electron chi connectivity index (χ4n) is 3.39. The summed E-state index contributed by atoms with van der Waals surface area (Å²) in [6.07, 6.45) is 3.27. The smallest absolute Gasteiger partial charge is 0.337 e. The molecule has 1 aliphatic rings. The van der Waals surface area contributed by atoms with Gasteiger partial charge in [0.25, 0.3) is 0 Å². The van der Waals surface area contributed by atoms with Gasteiger partial charge in [0.1, 0.15) is 10.6 Å². The summed E-state index contributed by atoms with van der Waals surface area (Å²) in [5.41, 5.74) is 2.56. The summed E-state index contributed by atoms with van der Waals surface area (Å²) < 4.78 is 4.79. The first-order chi connectivity index (χ1) is 12.5. The molecule has 1 aliphatic carbocycles. The molecule has 0 bridgehead atoms. The summed E-state index contributed by atoms with van der Waals surface area (Å²) in [7, 11) is 1.37. The van der Waals surface area contributed by atoms with Gasteiger partial charge in [-0.15, -0.1) is 11.3 Å². The molecule has 134 valence electrons. The first kappa shape index (κ1) is 17.2. The largest absolute Gasteiger partial charge is 0.465 e. The van der Waals surface area contributed by atoms with E-state index in [1.54, 1.807) is 29.5 Å². The SMILES string of the molecule is COC(=O)c1cccc(Nc2nc(Cl)nc3sc4c(c23)CCC(C)C4)c1. The van der Waals surface area contributed by atoms with E-state index in [0.29, 0.717) is 17.3 Å². The first-order valence-electron chi connectivity index (χ1n) is 8.48. The third-order valence-corrected chi connectivity index (χ3v) is 5.99. The van der Waals surface area contributed by atoms with Crippen LogP contribution in [0.2, 0.25) is 5.28 Å². The molecule has 4 rings (SSSR count). The molecular formula is C19H18ClN3O2S. The molecule has 0 amide bonds. The lowest BCUT2D eigenvalue weighted by Crippen LogP contribution is -2.09. The zero-order chi connectivity index (χ0) is 18.3. The summed E-state index contributed by atoms with van der Waals surface area (Å²) in [5.74, 6) is 1.00. The number of thiophene rings is 1. The molecule has 0 fully saturated rings. The third-order valence-electron chi connectivity index (χ3n) is 4.67. The number of fused-ring (bicyclic) bond motifs is 3. The van der Waals surface area contributed by atoms with E-state index in [4.69, 9.17) is 16.3 Å². The molecule has 0 radical (unpaired) electrons. The monoisotopic (exact) mass is 387 g/mol. The number of esters is 1. The number of hydrogen-bond donors (Lipinski definition) is 1. The molecule has 1 unspecified atom stereocenters. The van der Waals surface area contributed by atoms with Gasteiger partial charge in [0.05, 0.1) is 18.1 Å². The molecule has 0 saturated carbocycles. The van der Waals surface area contributed by atoms with Crippen LogP contribution in [0.3, 0.4) is 0 Å². The molecule has 3 aromatic rings. The van der Waals surface area contributed by atoms with Crippen molar-refractivity contribution in [3.63, 3.8) is 0 Å². The van der Waals surface area contributed by atoms with Gasteiger partial charge in [-0.2, -0.15) is 4.98 Å². The number of nitrogens with zero attached hydrogens (tertiary/aromatic N) is 2. The molecule has 1 atom stereocenters. The Hall–Kier alpha value is -2.18. The van der Waals surface area contributed by atoms with Gasteiger partial charge in [-0.05, 0) is 60.5 Å². The first-order valence-corrected chi connectivity index (χ1v) is 9.67. The number of halogens is 1. The Kier molecular flexibility index (Phi) is 4.54. The lowest BCUT2D eigenvalue weighted by molar-refractivity contribution is 0.0601. The Balaban J connectivity index is 1.78. The van der Waals surface area contributed by atoms with Gasteiger partial charge in [0, 0.05) is 10.6 Å². The highest BCUT2D eigenvalue weighted by molar-refractivity contribution is 7.19. The van der Waals surface area contributed by atoms with Gasteiger partial charge in [-0.25, -0.2) is 9.78 Å². The fourth-order valence-corrected chi connectivity index (χ4v) is 4.99. The summed E-state index contributed by atoms with van der Waals surface area (Å²) in [6, 6.07) is 7.15. The third kappa shape index (κ3) is 3.15.